The second kappa shape index (κ2) is 6.42. The van der Waals surface area contributed by atoms with Gasteiger partial charge in [-0.25, -0.2) is 0 Å². The molecule has 1 aliphatic heterocycles. The fraction of sp³-hybridized carbons (Fsp3) is 0.462. The quantitative estimate of drug-likeness (QED) is 0.714. The van der Waals surface area contributed by atoms with Crippen molar-refractivity contribution in [1.82, 2.24) is 8.61 Å². The van der Waals surface area contributed by atoms with E-state index < -0.39 is 16.1 Å². The molecule has 1 aromatic rings. The predicted octanol–water partition coefficient (Wildman–Crippen LogP) is -0.103. The summed E-state index contributed by atoms with van der Waals surface area (Å²) in [7, 11) is -3.70. The topological polar surface area (TPSA) is 110 Å². The van der Waals surface area contributed by atoms with E-state index in [-0.39, 0.29) is 13.1 Å². The number of hydrogen-bond donors (Lipinski definition) is 2. The van der Waals surface area contributed by atoms with Crippen LogP contribution < -0.4 is 11.5 Å². The number of amides is 1. The first-order valence-corrected chi connectivity index (χ1v) is 8.18. The van der Waals surface area contributed by atoms with Crippen molar-refractivity contribution in [3.8, 4) is 0 Å². The van der Waals surface area contributed by atoms with Gasteiger partial charge in [0.05, 0.1) is 6.54 Å². The number of hydrogen-bond acceptors (Lipinski definition) is 4. The van der Waals surface area contributed by atoms with E-state index in [1.807, 2.05) is 0 Å². The molecule has 0 unspecified atom stereocenters. The van der Waals surface area contributed by atoms with Crippen molar-refractivity contribution in [2.45, 2.75) is 19.4 Å². The van der Waals surface area contributed by atoms with Crippen molar-refractivity contribution in [2.75, 3.05) is 25.4 Å². The van der Waals surface area contributed by atoms with Gasteiger partial charge in [-0.1, -0.05) is 18.2 Å². The Kier molecular flexibility index (Phi) is 4.81. The molecule has 0 radical (unpaired) electrons. The highest BCUT2D eigenvalue weighted by atomic mass is 32.2. The lowest BCUT2D eigenvalue weighted by Crippen LogP contribution is -2.45. The van der Waals surface area contributed by atoms with E-state index in [4.69, 9.17) is 11.5 Å². The normalized spacial score (nSPS) is 16.4. The highest BCUT2D eigenvalue weighted by Gasteiger charge is 2.32. The van der Waals surface area contributed by atoms with Crippen molar-refractivity contribution >= 4 is 21.8 Å². The van der Waals surface area contributed by atoms with Crippen LogP contribution in [0.1, 0.15) is 18.4 Å². The molecule has 2 rings (SSSR count). The second-order valence-corrected chi connectivity index (χ2v) is 6.98. The molecule has 1 fully saturated rings. The van der Waals surface area contributed by atoms with Crippen molar-refractivity contribution in [2.24, 2.45) is 5.73 Å². The number of anilines is 1. The standard InChI is InChI=1S/C13H20N4O3S/c14-12-6-2-1-5-11(12)9-17(10-13(15)18)21(19,20)16-7-3-4-8-16/h1-2,5-6H,3-4,7-10,14H2,(H2,15,18). The summed E-state index contributed by atoms with van der Waals surface area (Å²) in [6, 6.07) is 6.98. The third-order valence-electron chi connectivity index (χ3n) is 3.45. The maximum Gasteiger partial charge on any atom is 0.282 e. The molecular weight excluding hydrogens is 292 g/mol. The average molecular weight is 312 g/mol. The van der Waals surface area contributed by atoms with Crippen molar-refractivity contribution < 1.29 is 13.2 Å². The molecule has 0 bridgehead atoms. The molecular formula is C13H20N4O3S. The first-order chi connectivity index (χ1) is 9.91. The minimum atomic E-state index is -3.70. The Labute approximate surface area is 124 Å². The molecule has 0 atom stereocenters. The number of carbonyl (C=O) groups excluding carboxylic acids is 1. The first kappa shape index (κ1) is 15.7. The van der Waals surface area contributed by atoms with Gasteiger partial charge in [0, 0.05) is 25.3 Å². The van der Waals surface area contributed by atoms with Crippen LogP contribution in [0.2, 0.25) is 0 Å². The largest absolute Gasteiger partial charge is 0.398 e. The molecule has 0 aromatic heterocycles. The molecule has 1 aromatic carbocycles. The second-order valence-electron chi connectivity index (χ2n) is 5.05. The molecule has 1 saturated heterocycles. The highest BCUT2D eigenvalue weighted by Crippen LogP contribution is 2.20. The zero-order valence-corrected chi connectivity index (χ0v) is 12.6. The molecule has 0 spiro atoms. The number of carbonyl (C=O) groups is 1. The Bertz CT molecular complexity index is 612. The molecule has 0 saturated carbocycles. The summed E-state index contributed by atoms with van der Waals surface area (Å²) in [5.41, 5.74) is 12.2. The molecule has 8 heteroatoms. The van der Waals surface area contributed by atoms with Gasteiger partial charge in [0.25, 0.3) is 10.2 Å². The number of nitrogens with zero attached hydrogens (tertiary/aromatic N) is 2. The van der Waals surface area contributed by atoms with Crippen LogP contribution in [-0.4, -0.2) is 42.6 Å². The van der Waals surface area contributed by atoms with E-state index in [0.717, 1.165) is 17.1 Å². The molecule has 4 N–H and O–H groups in total. The van der Waals surface area contributed by atoms with Crippen LogP contribution in [0.3, 0.4) is 0 Å². The third-order valence-corrected chi connectivity index (χ3v) is 5.38. The molecule has 7 nitrogen and oxygen atoms in total. The zero-order valence-electron chi connectivity index (χ0n) is 11.7. The van der Waals surface area contributed by atoms with Crippen LogP contribution in [0.15, 0.2) is 24.3 Å². The van der Waals surface area contributed by atoms with E-state index in [0.29, 0.717) is 24.3 Å². The van der Waals surface area contributed by atoms with Gasteiger partial charge in [-0.05, 0) is 24.5 Å². The predicted molar refractivity (Wildman–Crippen MR) is 80.2 cm³/mol. The fourth-order valence-electron chi connectivity index (χ4n) is 2.34. The highest BCUT2D eigenvalue weighted by molar-refractivity contribution is 7.86. The lowest BCUT2D eigenvalue weighted by atomic mass is 10.2. The molecule has 116 valence electrons. The van der Waals surface area contributed by atoms with Gasteiger partial charge in [-0.2, -0.15) is 17.0 Å². The third kappa shape index (κ3) is 3.72. The first-order valence-electron chi connectivity index (χ1n) is 6.78. The zero-order chi connectivity index (χ0) is 15.5. The Balaban J connectivity index is 2.26. The number of nitrogens with two attached hydrogens (primary N) is 2. The van der Waals surface area contributed by atoms with Gasteiger partial charge >= 0.3 is 0 Å². The Hall–Kier alpha value is -1.64. The van der Waals surface area contributed by atoms with Crippen LogP contribution >= 0.6 is 0 Å². The number of primary amides is 1. The van der Waals surface area contributed by atoms with Crippen LogP contribution in [0.4, 0.5) is 5.69 Å². The van der Waals surface area contributed by atoms with Gasteiger partial charge in [-0.3, -0.25) is 4.79 Å². The summed E-state index contributed by atoms with van der Waals surface area (Å²) in [6.45, 7) is 0.630. The van der Waals surface area contributed by atoms with E-state index in [2.05, 4.69) is 0 Å². The van der Waals surface area contributed by atoms with Crippen LogP contribution in [0.5, 0.6) is 0 Å². The summed E-state index contributed by atoms with van der Waals surface area (Å²) in [5, 5.41) is 0. The van der Waals surface area contributed by atoms with E-state index >= 15 is 0 Å². The summed E-state index contributed by atoms with van der Waals surface area (Å²) in [6.07, 6.45) is 1.66. The minimum absolute atomic E-state index is 0.0362. The van der Waals surface area contributed by atoms with Crippen LogP contribution in [0, 0.1) is 0 Å². The number of nitrogen functional groups attached to an aromatic ring is 1. The summed E-state index contributed by atoms with van der Waals surface area (Å²) in [5.74, 6) is -0.688. The molecule has 0 aliphatic carbocycles. The number of benzene rings is 1. The van der Waals surface area contributed by atoms with Crippen LogP contribution in [-0.2, 0) is 21.5 Å². The summed E-state index contributed by atoms with van der Waals surface area (Å²) in [4.78, 5) is 11.2. The molecule has 1 heterocycles. The van der Waals surface area contributed by atoms with Crippen LogP contribution in [0.25, 0.3) is 0 Å². The van der Waals surface area contributed by atoms with E-state index in [1.54, 1.807) is 24.3 Å². The van der Waals surface area contributed by atoms with E-state index in [9.17, 15) is 13.2 Å². The lowest BCUT2D eigenvalue weighted by molar-refractivity contribution is -0.118. The SMILES string of the molecule is NC(=O)CN(Cc1ccccc1N)S(=O)(=O)N1CCCC1. The maximum absolute atomic E-state index is 12.6. The van der Waals surface area contributed by atoms with E-state index in [1.165, 1.54) is 4.31 Å². The summed E-state index contributed by atoms with van der Waals surface area (Å²) >= 11 is 0. The minimum Gasteiger partial charge on any atom is -0.398 e. The average Bonchev–Trinajstić information content (AvgIpc) is 2.94. The monoisotopic (exact) mass is 312 g/mol. The van der Waals surface area contributed by atoms with Gasteiger partial charge in [0.2, 0.25) is 5.91 Å². The van der Waals surface area contributed by atoms with Crippen molar-refractivity contribution in [3.05, 3.63) is 29.8 Å². The smallest absolute Gasteiger partial charge is 0.282 e. The lowest BCUT2D eigenvalue weighted by Gasteiger charge is -2.26. The molecule has 21 heavy (non-hydrogen) atoms. The van der Waals surface area contributed by atoms with Gasteiger partial charge in [0.1, 0.15) is 0 Å². The molecule has 1 aliphatic rings. The maximum atomic E-state index is 12.6. The Morgan fingerprint density at radius 1 is 1.24 bits per heavy atom. The Morgan fingerprint density at radius 3 is 2.43 bits per heavy atom. The number of rotatable bonds is 6. The number of para-hydroxylation sites is 1. The van der Waals surface area contributed by atoms with Gasteiger partial charge < -0.3 is 11.5 Å². The summed E-state index contributed by atoms with van der Waals surface area (Å²) < 4.78 is 27.6. The van der Waals surface area contributed by atoms with Crippen molar-refractivity contribution in [1.29, 1.82) is 0 Å². The van der Waals surface area contributed by atoms with Crippen molar-refractivity contribution in [3.63, 3.8) is 0 Å². The molecule has 1 amide bonds. The Morgan fingerprint density at radius 2 is 1.86 bits per heavy atom. The van der Waals surface area contributed by atoms with Gasteiger partial charge in [0.15, 0.2) is 0 Å². The fourth-order valence-corrected chi connectivity index (χ4v) is 3.98. The van der Waals surface area contributed by atoms with Gasteiger partial charge in [-0.15, -0.1) is 0 Å².